The van der Waals surface area contributed by atoms with Crippen molar-refractivity contribution in [3.63, 3.8) is 0 Å². The van der Waals surface area contributed by atoms with Gasteiger partial charge in [0.1, 0.15) is 9.84 Å². The lowest BCUT2D eigenvalue weighted by Crippen LogP contribution is -2.09. The molecule has 15 heavy (non-hydrogen) atoms. The third-order valence-electron chi connectivity index (χ3n) is 1.85. The van der Waals surface area contributed by atoms with Crippen LogP contribution in [0.2, 0.25) is 0 Å². The minimum absolute atomic E-state index is 0.0545. The Hall–Kier alpha value is -0.430. The summed E-state index contributed by atoms with van der Waals surface area (Å²) in [7, 11) is -3.06. The molecule has 0 atom stereocenters. The fraction of sp³-hybridized carbons (Fsp3) is 0.300. The van der Waals surface area contributed by atoms with Gasteiger partial charge in [-0.1, -0.05) is 12.1 Å². The number of sulfone groups is 1. The summed E-state index contributed by atoms with van der Waals surface area (Å²) in [5, 5.41) is 0. The summed E-state index contributed by atoms with van der Waals surface area (Å²) >= 11 is 2.11. The topological polar surface area (TPSA) is 51.2 Å². The third-order valence-corrected chi connectivity index (χ3v) is 3.46. The molecule has 0 bridgehead atoms. The maximum atomic E-state index is 11.6. The first-order chi connectivity index (χ1) is 6.88. The molecular weight excluding hydrogens is 327 g/mol. The number of hydrogen-bond acceptors (Lipinski definition) is 3. The minimum Gasteiger partial charge on any atom is -0.294 e. The van der Waals surface area contributed by atoms with Gasteiger partial charge < -0.3 is 0 Å². The Morgan fingerprint density at radius 3 is 2.60 bits per heavy atom. The summed E-state index contributed by atoms with van der Waals surface area (Å²) in [6.45, 7) is 0. The van der Waals surface area contributed by atoms with Crippen molar-refractivity contribution in [2.75, 3.05) is 12.0 Å². The largest absolute Gasteiger partial charge is 0.294 e. The highest BCUT2D eigenvalue weighted by molar-refractivity contribution is 14.1. The first kappa shape index (κ1) is 12.6. The number of ketones is 1. The SMILES string of the molecule is CS(=O)(=O)CCC(=O)c1cccc(I)c1. The zero-order valence-electron chi connectivity index (χ0n) is 8.23. The average molecular weight is 338 g/mol. The van der Waals surface area contributed by atoms with E-state index in [2.05, 4.69) is 22.6 Å². The van der Waals surface area contributed by atoms with Crippen LogP contribution in [0.1, 0.15) is 16.8 Å². The molecule has 0 aliphatic carbocycles. The highest BCUT2D eigenvalue weighted by atomic mass is 127. The van der Waals surface area contributed by atoms with E-state index in [0.29, 0.717) is 5.56 Å². The Morgan fingerprint density at radius 1 is 1.40 bits per heavy atom. The van der Waals surface area contributed by atoms with Crippen molar-refractivity contribution in [2.45, 2.75) is 6.42 Å². The molecule has 0 aliphatic heterocycles. The molecule has 0 spiro atoms. The molecule has 0 amide bonds. The van der Waals surface area contributed by atoms with Gasteiger partial charge in [-0.3, -0.25) is 4.79 Å². The van der Waals surface area contributed by atoms with Crippen LogP contribution in [0.5, 0.6) is 0 Å². The van der Waals surface area contributed by atoms with Gasteiger partial charge in [0.05, 0.1) is 5.75 Å². The fourth-order valence-electron chi connectivity index (χ4n) is 1.08. The first-order valence-corrected chi connectivity index (χ1v) is 7.49. The van der Waals surface area contributed by atoms with E-state index in [0.717, 1.165) is 9.83 Å². The number of rotatable bonds is 4. The van der Waals surface area contributed by atoms with Crippen LogP contribution in [0.15, 0.2) is 24.3 Å². The van der Waals surface area contributed by atoms with E-state index in [-0.39, 0.29) is 18.0 Å². The number of carbonyl (C=O) groups is 1. The summed E-state index contributed by atoms with van der Waals surface area (Å²) in [5.41, 5.74) is 0.575. The second-order valence-electron chi connectivity index (χ2n) is 3.31. The van der Waals surface area contributed by atoms with Gasteiger partial charge in [-0.25, -0.2) is 8.42 Å². The van der Waals surface area contributed by atoms with Crippen molar-refractivity contribution in [1.29, 1.82) is 0 Å². The average Bonchev–Trinajstić information content (AvgIpc) is 2.13. The lowest BCUT2D eigenvalue weighted by molar-refractivity contribution is 0.0988. The summed E-state index contributed by atoms with van der Waals surface area (Å²) in [4.78, 5) is 11.6. The van der Waals surface area contributed by atoms with Crippen LogP contribution < -0.4 is 0 Å². The van der Waals surface area contributed by atoms with Crippen LogP contribution in [-0.4, -0.2) is 26.2 Å². The van der Waals surface area contributed by atoms with Crippen molar-refractivity contribution < 1.29 is 13.2 Å². The second-order valence-corrected chi connectivity index (χ2v) is 6.82. The van der Waals surface area contributed by atoms with Gasteiger partial charge in [0.25, 0.3) is 0 Å². The number of hydrogen-bond donors (Lipinski definition) is 0. The Bertz CT molecular complexity index is 465. The molecule has 0 saturated heterocycles. The van der Waals surface area contributed by atoms with Crippen LogP contribution in [-0.2, 0) is 9.84 Å². The highest BCUT2D eigenvalue weighted by Gasteiger charge is 2.10. The smallest absolute Gasteiger partial charge is 0.163 e. The predicted molar refractivity (Wildman–Crippen MR) is 67.8 cm³/mol. The maximum absolute atomic E-state index is 11.6. The quantitative estimate of drug-likeness (QED) is 0.623. The standard InChI is InChI=1S/C10H11IO3S/c1-15(13,14)6-5-10(12)8-3-2-4-9(11)7-8/h2-4,7H,5-6H2,1H3. The van der Waals surface area contributed by atoms with E-state index in [1.54, 1.807) is 18.2 Å². The van der Waals surface area contributed by atoms with Crippen LogP contribution in [0.25, 0.3) is 0 Å². The first-order valence-electron chi connectivity index (χ1n) is 4.35. The summed E-state index contributed by atoms with van der Waals surface area (Å²) < 4.78 is 22.7. The zero-order valence-corrected chi connectivity index (χ0v) is 11.2. The van der Waals surface area contributed by atoms with Gasteiger partial charge >= 0.3 is 0 Å². The Morgan fingerprint density at radius 2 is 2.07 bits per heavy atom. The van der Waals surface area contributed by atoms with E-state index in [4.69, 9.17) is 0 Å². The summed E-state index contributed by atoms with van der Waals surface area (Å²) in [6, 6.07) is 7.13. The predicted octanol–water partition coefficient (Wildman–Crippen LogP) is 1.91. The van der Waals surface area contributed by atoms with Gasteiger partial charge in [0, 0.05) is 21.8 Å². The molecule has 0 saturated carbocycles. The Kier molecular flexibility index (Phi) is 4.27. The van der Waals surface area contributed by atoms with Crippen LogP contribution in [0.3, 0.4) is 0 Å². The molecular formula is C10H11IO3S. The monoisotopic (exact) mass is 338 g/mol. The van der Waals surface area contributed by atoms with Crippen LogP contribution in [0.4, 0.5) is 0 Å². The van der Waals surface area contributed by atoms with Crippen LogP contribution in [0, 0.1) is 3.57 Å². The summed E-state index contributed by atoms with van der Waals surface area (Å²) in [6.07, 6.45) is 1.19. The number of halogens is 1. The highest BCUT2D eigenvalue weighted by Crippen LogP contribution is 2.10. The molecule has 0 fully saturated rings. The van der Waals surface area contributed by atoms with E-state index in [1.807, 2.05) is 6.07 Å². The van der Waals surface area contributed by atoms with E-state index in [1.165, 1.54) is 0 Å². The lowest BCUT2D eigenvalue weighted by Gasteiger charge is -2.00. The maximum Gasteiger partial charge on any atom is 0.163 e. The lowest BCUT2D eigenvalue weighted by atomic mass is 10.1. The minimum atomic E-state index is -3.06. The van der Waals surface area contributed by atoms with E-state index < -0.39 is 9.84 Å². The number of carbonyl (C=O) groups excluding carboxylic acids is 1. The van der Waals surface area contributed by atoms with Crippen molar-refractivity contribution >= 4 is 38.2 Å². The molecule has 0 heterocycles. The molecule has 0 N–H and O–H groups in total. The van der Waals surface area contributed by atoms with Crippen molar-refractivity contribution in [1.82, 2.24) is 0 Å². The molecule has 0 aromatic heterocycles. The molecule has 1 rings (SSSR count). The third kappa shape index (κ3) is 4.74. The van der Waals surface area contributed by atoms with E-state index >= 15 is 0 Å². The molecule has 0 radical (unpaired) electrons. The van der Waals surface area contributed by atoms with E-state index in [9.17, 15) is 13.2 Å². The molecule has 1 aromatic rings. The van der Waals surface area contributed by atoms with Crippen molar-refractivity contribution in [3.05, 3.63) is 33.4 Å². The summed E-state index contributed by atoms with van der Waals surface area (Å²) in [5.74, 6) is -0.212. The van der Waals surface area contributed by atoms with Crippen molar-refractivity contribution in [3.8, 4) is 0 Å². The Balaban J connectivity index is 2.70. The molecule has 3 nitrogen and oxygen atoms in total. The van der Waals surface area contributed by atoms with Gasteiger partial charge in [-0.2, -0.15) is 0 Å². The van der Waals surface area contributed by atoms with Gasteiger partial charge in [-0.05, 0) is 34.7 Å². The van der Waals surface area contributed by atoms with Gasteiger partial charge in [0.2, 0.25) is 0 Å². The molecule has 0 aliphatic rings. The fourth-order valence-corrected chi connectivity index (χ4v) is 2.18. The normalized spacial score (nSPS) is 11.3. The zero-order chi connectivity index (χ0) is 11.5. The number of Topliss-reactive ketones (excluding diaryl/α,β-unsaturated/α-hetero) is 1. The molecule has 1 aromatic carbocycles. The second kappa shape index (κ2) is 5.07. The molecule has 82 valence electrons. The number of benzene rings is 1. The van der Waals surface area contributed by atoms with Crippen LogP contribution >= 0.6 is 22.6 Å². The molecule has 5 heteroatoms. The molecule has 0 unspecified atom stereocenters. The Labute approximate surface area is 103 Å². The van der Waals surface area contributed by atoms with Gasteiger partial charge in [-0.15, -0.1) is 0 Å². The van der Waals surface area contributed by atoms with Gasteiger partial charge in [0.15, 0.2) is 5.78 Å². The van der Waals surface area contributed by atoms with Crippen molar-refractivity contribution in [2.24, 2.45) is 0 Å².